The summed E-state index contributed by atoms with van der Waals surface area (Å²) in [5.41, 5.74) is 0. The molecule has 1 amide bonds. The van der Waals surface area contributed by atoms with Gasteiger partial charge in [0.1, 0.15) is 12.7 Å². The van der Waals surface area contributed by atoms with Crippen LogP contribution >= 0.6 is 0 Å². The molecular formula is C17H24N2O3. The molecule has 0 unspecified atom stereocenters. The summed E-state index contributed by atoms with van der Waals surface area (Å²) >= 11 is 0. The molecule has 1 saturated heterocycles. The van der Waals surface area contributed by atoms with Gasteiger partial charge in [0.25, 0.3) is 0 Å². The minimum Gasteiger partial charge on any atom is -0.486 e. The summed E-state index contributed by atoms with van der Waals surface area (Å²) in [5, 5.41) is 2.99. The molecule has 0 aromatic heterocycles. The average molecular weight is 304 g/mol. The fraction of sp³-hybridized carbons (Fsp3) is 0.588. The lowest BCUT2D eigenvalue weighted by Gasteiger charge is -2.32. The van der Waals surface area contributed by atoms with Crippen molar-refractivity contribution in [3.05, 3.63) is 24.3 Å². The first-order valence-corrected chi connectivity index (χ1v) is 8.14. The standard InChI is InChI=1S/C17H24N2O3/c1-13(19-9-5-2-6-10-19)17(20)18-11-14-12-21-15-7-3-4-8-16(15)22-14/h3-4,7-8,13-14H,2,5-6,9-12H2,1H3,(H,18,20)/t13-,14-/m0/s1. The average Bonchev–Trinajstić information content (AvgIpc) is 2.59. The Morgan fingerprint density at radius 3 is 2.77 bits per heavy atom. The summed E-state index contributed by atoms with van der Waals surface area (Å²) in [6.45, 7) is 4.96. The number of fused-ring (bicyclic) bond motifs is 1. The van der Waals surface area contributed by atoms with Crippen LogP contribution in [0.3, 0.4) is 0 Å². The van der Waals surface area contributed by atoms with Gasteiger partial charge in [-0.2, -0.15) is 0 Å². The number of nitrogens with one attached hydrogen (secondary N) is 1. The molecule has 3 rings (SSSR count). The van der Waals surface area contributed by atoms with Gasteiger partial charge in [-0.1, -0.05) is 18.6 Å². The second-order valence-corrected chi connectivity index (χ2v) is 6.02. The molecule has 2 heterocycles. The smallest absolute Gasteiger partial charge is 0.237 e. The zero-order valence-corrected chi connectivity index (χ0v) is 13.1. The van der Waals surface area contributed by atoms with Crippen molar-refractivity contribution in [2.45, 2.75) is 38.3 Å². The summed E-state index contributed by atoms with van der Waals surface area (Å²) in [5.74, 6) is 1.59. The van der Waals surface area contributed by atoms with Gasteiger partial charge >= 0.3 is 0 Å². The molecule has 2 aliphatic rings. The largest absolute Gasteiger partial charge is 0.486 e. The van der Waals surface area contributed by atoms with Crippen molar-refractivity contribution >= 4 is 5.91 Å². The first kappa shape index (κ1) is 15.2. The third-order valence-corrected chi connectivity index (χ3v) is 4.39. The summed E-state index contributed by atoms with van der Waals surface area (Å²) in [6.07, 6.45) is 3.52. The minimum atomic E-state index is -0.132. The third kappa shape index (κ3) is 3.53. The van der Waals surface area contributed by atoms with Crippen LogP contribution in [0, 0.1) is 0 Å². The number of benzene rings is 1. The van der Waals surface area contributed by atoms with Crippen molar-refractivity contribution in [1.82, 2.24) is 10.2 Å². The number of amides is 1. The molecule has 0 radical (unpaired) electrons. The van der Waals surface area contributed by atoms with Crippen LogP contribution in [0.1, 0.15) is 26.2 Å². The van der Waals surface area contributed by atoms with Crippen LogP contribution in [0.5, 0.6) is 11.5 Å². The normalized spacial score (nSPS) is 22.9. The van der Waals surface area contributed by atoms with Gasteiger partial charge in [-0.15, -0.1) is 0 Å². The molecule has 5 heteroatoms. The molecule has 2 atom stereocenters. The molecule has 0 saturated carbocycles. The molecular weight excluding hydrogens is 280 g/mol. The van der Waals surface area contributed by atoms with E-state index in [1.807, 2.05) is 31.2 Å². The highest BCUT2D eigenvalue weighted by Crippen LogP contribution is 2.30. The topological polar surface area (TPSA) is 50.8 Å². The Labute approximate surface area is 131 Å². The van der Waals surface area contributed by atoms with Crippen LogP contribution in [0.2, 0.25) is 0 Å². The van der Waals surface area contributed by atoms with E-state index >= 15 is 0 Å². The van der Waals surface area contributed by atoms with Gasteiger partial charge in [0.15, 0.2) is 11.5 Å². The molecule has 0 aliphatic carbocycles. The third-order valence-electron chi connectivity index (χ3n) is 4.39. The van der Waals surface area contributed by atoms with Crippen LogP contribution in [0.15, 0.2) is 24.3 Å². The molecule has 1 aromatic rings. The van der Waals surface area contributed by atoms with Crippen LogP contribution in [-0.4, -0.2) is 49.2 Å². The van der Waals surface area contributed by atoms with E-state index < -0.39 is 0 Å². The highest BCUT2D eigenvalue weighted by atomic mass is 16.6. The predicted octanol–water partition coefficient (Wildman–Crippen LogP) is 1.82. The van der Waals surface area contributed by atoms with Crippen molar-refractivity contribution in [1.29, 1.82) is 0 Å². The number of rotatable bonds is 4. The summed E-state index contributed by atoms with van der Waals surface area (Å²) in [6, 6.07) is 7.55. The van der Waals surface area contributed by atoms with Gasteiger partial charge in [-0.05, 0) is 45.0 Å². The van der Waals surface area contributed by atoms with Crippen molar-refractivity contribution in [2.24, 2.45) is 0 Å². The Morgan fingerprint density at radius 1 is 1.27 bits per heavy atom. The fourth-order valence-corrected chi connectivity index (χ4v) is 3.00. The molecule has 2 aliphatic heterocycles. The number of nitrogens with zero attached hydrogens (tertiary/aromatic N) is 1. The van der Waals surface area contributed by atoms with E-state index in [1.165, 1.54) is 19.3 Å². The number of ether oxygens (including phenoxy) is 2. The fourth-order valence-electron chi connectivity index (χ4n) is 3.00. The Hall–Kier alpha value is -1.75. The van der Waals surface area contributed by atoms with E-state index in [2.05, 4.69) is 10.2 Å². The second-order valence-electron chi connectivity index (χ2n) is 6.02. The Balaban J connectivity index is 1.47. The first-order valence-electron chi connectivity index (χ1n) is 8.14. The Morgan fingerprint density at radius 2 is 2.00 bits per heavy atom. The summed E-state index contributed by atoms with van der Waals surface area (Å²) in [4.78, 5) is 14.5. The lowest BCUT2D eigenvalue weighted by molar-refractivity contribution is -0.126. The van der Waals surface area contributed by atoms with Crippen LogP contribution in [0.4, 0.5) is 0 Å². The maximum atomic E-state index is 12.3. The zero-order chi connectivity index (χ0) is 15.4. The van der Waals surface area contributed by atoms with Gasteiger partial charge in [0.05, 0.1) is 12.6 Å². The van der Waals surface area contributed by atoms with E-state index in [0.717, 1.165) is 24.6 Å². The van der Waals surface area contributed by atoms with E-state index in [4.69, 9.17) is 9.47 Å². The monoisotopic (exact) mass is 304 g/mol. The van der Waals surface area contributed by atoms with Gasteiger partial charge in [-0.25, -0.2) is 0 Å². The molecule has 1 aromatic carbocycles. The van der Waals surface area contributed by atoms with Crippen LogP contribution < -0.4 is 14.8 Å². The van der Waals surface area contributed by atoms with Gasteiger partial charge < -0.3 is 14.8 Å². The maximum Gasteiger partial charge on any atom is 0.237 e. The van der Waals surface area contributed by atoms with Gasteiger partial charge in [0.2, 0.25) is 5.91 Å². The van der Waals surface area contributed by atoms with E-state index in [-0.39, 0.29) is 18.1 Å². The highest BCUT2D eigenvalue weighted by molar-refractivity contribution is 5.81. The quantitative estimate of drug-likeness (QED) is 0.922. The van der Waals surface area contributed by atoms with E-state index in [9.17, 15) is 4.79 Å². The number of likely N-dealkylation sites (tertiary alicyclic amines) is 1. The van der Waals surface area contributed by atoms with Gasteiger partial charge in [0, 0.05) is 0 Å². The van der Waals surface area contributed by atoms with Crippen molar-refractivity contribution in [3.8, 4) is 11.5 Å². The number of piperidine rings is 1. The second kappa shape index (κ2) is 7.01. The molecule has 0 bridgehead atoms. The maximum absolute atomic E-state index is 12.3. The van der Waals surface area contributed by atoms with Crippen molar-refractivity contribution in [2.75, 3.05) is 26.2 Å². The minimum absolute atomic E-state index is 0.0721. The Kier molecular flexibility index (Phi) is 4.83. The summed E-state index contributed by atoms with van der Waals surface area (Å²) < 4.78 is 11.5. The Bertz CT molecular complexity index is 514. The number of hydrogen-bond donors (Lipinski definition) is 1. The zero-order valence-electron chi connectivity index (χ0n) is 13.1. The van der Waals surface area contributed by atoms with E-state index in [1.54, 1.807) is 0 Å². The lowest BCUT2D eigenvalue weighted by Crippen LogP contribution is -2.50. The van der Waals surface area contributed by atoms with Crippen LogP contribution in [0.25, 0.3) is 0 Å². The van der Waals surface area contributed by atoms with Crippen LogP contribution in [-0.2, 0) is 4.79 Å². The SMILES string of the molecule is C[C@@H](C(=O)NC[C@H]1COc2ccccc2O1)N1CCCCC1. The lowest BCUT2D eigenvalue weighted by atomic mass is 10.1. The number of carbonyl (C=O) groups excluding carboxylic acids is 1. The molecule has 1 N–H and O–H groups in total. The molecule has 1 fully saturated rings. The van der Waals surface area contributed by atoms with Crippen molar-refractivity contribution in [3.63, 3.8) is 0 Å². The summed E-state index contributed by atoms with van der Waals surface area (Å²) in [7, 11) is 0. The molecule has 120 valence electrons. The number of para-hydroxylation sites is 2. The first-order chi connectivity index (χ1) is 10.7. The molecule has 22 heavy (non-hydrogen) atoms. The van der Waals surface area contributed by atoms with Gasteiger partial charge in [-0.3, -0.25) is 9.69 Å². The highest BCUT2D eigenvalue weighted by Gasteiger charge is 2.25. The molecule has 0 spiro atoms. The number of carbonyl (C=O) groups is 1. The number of hydrogen-bond acceptors (Lipinski definition) is 4. The van der Waals surface area contributed by atoms with E-state index in [0.29, 0.717) is 13.2 Å². The molecule has 5 nitrogen and oxygen atoms in total. The van der Waals surface area contributed by atoms with Crippen molar-refractivity contribution < 1.29 is 14.3 Å². The predicted molar refractivity (Wildman–Crippen MR) is 84.2 cm³/mol.